The van der Waals surface area contributed by atoms with E-state index in [1.807, 2.05) is 19.1 Å². The van der Waals surface area contributed by atoms with Gasteiger partial charge in [-0.05, 0) is 50.1 Å². The molecular formula is C22H28N6O2S. The van der Waals surface area contributed by atoms with Gasteiger partial charge in [-0.2, -0.15) is 10.5 Å². The van der Waals surface area contributed by atoms with Gasteiger partial charge < -0.3 is 20.1 Å². The highest BCUT2D eigenvalue weighted by Gasteiger charge is 2.14. The second-order valence-electron chi connectivity index (χ2n) is 6.72. The van der Waals surface area contributed by atoms with Gasteiger partial charge in [-0.15, -0.1) is 21.6 Å². The number of nitriles is 2. The van der Waals surface area contributed by atoms with Crippen molar-refractivity contribution < 1.29 is 9.47 Å². The van der Waals surface area contributed by atoms with E-state index in [-0.39, 0.29) is 0 Å². The molecule has 8 nitrogen and oxygen atoms in total. The molecule has 0 unspecified atom stereocenters. The first-order valence-corrected chi connectivity index (χ1v) is 10.9. The Bertz CT molecular complexity index is 974. The van der Waals surface area contributed by atoms with Crippen molar-refractivity contribution in [2.24, 2.45) is 16.0 Å². The fourth-order valence-electron chi connectivity index (χ4n) is 2.90. The van der Waals surface area contributed by atoms with Crippen LogP contribution in [0.15, 0.2) is 28.4 Å². The molecule has 0 aliphatic heterocycles. The molecule has 2 N–H and O–H groups in total. The minimum Gasteiger partial charge on any atom is -0.378 e. The molecule has 1 heterocycles. The number of hydrogen-bond donors (Lipinski definition) is 1. The van der Waals surface area contributed by atoms with Gasteiger partial charge in [0.05, 0.1) is 37.7 Å². The van der Waals surface area contributed by atoms with E-state index in [1.165, 1.54) is 11.3 Å². The monoisotopic (exact) mass is 440 g/mol. The first kappa shape index (κ1) is 24.4. The zero-order chi connectivity index (χ0) is 22.6. The van der Waals surface area contributed by atoms with E-state index in [1.54, 1.807) is 6.92 Å². The van der Waals surface area contributed by atoms with E-state index in [0.29, 0.717) is 54.0 Å². The fourth-order valence-corrected chi connectivity index (χ4v) is 3.78. The molecule has 2 rings (SSSR count). The molecule has 0 saturated carbocycles. The van der Waals surface area contributed by atoms with Crippen molar-refractivity contribution in [2.75, 3.05) is 51.0 Å². The van der Waals surface area contributed by atoms with Gasteiger partial charge in [0.25, 0.3) is 0 Å². The summed E-state index contributed by atoms with van der Waals surface area (Å²) in [5.41, 5.74) is 9.22. The van der Waals surface area contributed by atoms with Crippen LogP contribution in [0, 0.1) is 36.5 Å². The van der Waals surface area contributed by atoms with Crippen LogP contribution in [0.1, 0.15) is 28.5 Å². The van der Waals surface area contributed by atoms with Crippen LogP contribution in [-0.2, 0) is 9.47 Å². The van der Waals surface area contributed by atoms with Gasteiger partial charge in [0.2, 0.25) is 0 Å². The maximum absolute atomic E-state index is 9.35. The van der Waals surface area contributed by atoms with Crippen LogP contribution in [0.4, 0.5) is 16.4 Å². The summed E-state index contributed by atoms with van der Waals surface area (Å²) >= 11 is 1.18. The molecule has 0 amide bonds. The second kappa shape index (κ2) is 12.8. The lowest BCUT2D eigenvalue weighted by Gasteiger charge is -2.23. The molecule has 9 heteroatoms. The maximum Gasteiger partial charge on any atom is 0.158 e. The van der Waals surface area contributed by atoms with Crippen molar-refractivity contribution in [2.45, 2.75) is 20.8 Å². The second-order valence-corrected chi connectivity index (χ2v) is 7.72. The molecule has 1 aromatic heterocycles. The van der Waals surface area contributed by atoms with Gasteiger partial charge >= 0.3 is 0 Å². The van der Waals surface area contributed by atoms with Gasteiger partial charge in [0.15, 0.2) is 5.00 Å². The lowest BCUT2D eigenvalue weighted by atomic mass is 10.1. The standard InChI is InChI=1S/C22H28N6O2S/c1-4-28(8-10-30-12-11-29-9-7-23)18-5-6-20(16(2)13-18)26-27-22-19(14-24)17(3)21(15-25)31-22/h5-6,13H,4,7-12,23H2,1-3H3. The van der Waals surface area contributed by atoms with E-state index in [0.717, 1.165) is 30.0 Å². The number of likely N-dealkylation sites (N-methyl/N-ethyl adjacent to an activating group) is 1. The molecule has 0 saturated heterocycles. The molecule has 0 radical (unpaired) electrons. The Hall–Kier alpha value is -2.82. The predicted molar refractivity (Wildman–Crippen MR) is 122 cm³/mol. The van der Waals surface area contributed by atoms with E-state index in [2.05, 4.69) is 40.3 Å². The predicted octanol–water partition coefficient (Wildman–Crippen LogP) is 4.34. The number of anilines is 1. The van der Waals surface area contributed by atoms with E-state index in [9.17, 15) is 5.26 Å². The highest BCUT2D eigenvalue weighted by molar-refractivity contribution is 7.16. The number of thiophene rings is 1. The lowest BCUT2D eigenvalue weighted by Crippen LogP contribution is -2.27. The first-order chi connectivity index (χ1) is 15.0. The summed E-state index contributed by atoms with van der Waals surface area (Å²) in [5.74, 6) is 0. The highest BCUT2D eigenvalue weighted by Crippen LogP contribution is 2.36. The van der Waals surface area contributed by atoms with Crippen LogP contribution in [0.5, 0.6) is 0 Å². The van der Waals surface area contributed by atoms with Gasteiger partial charge in [0.1, 0.15) is 17.0 Å². The number of benzene rings is 1. The van der Waals surface area contributed by atoms with Crippen LogP contribution in [0.2, 0.25) is 0 Å². The molecule has 0 aliphatic rings. The molecule has 2 aromatic rings. The third-order valence-electron chi connectivity index (χ3n) is 4.66. The molecular weight excluding hydrogens is 412 g/mol. The van der Waals surface area contributed by atoms with Crippen LogP contribution in [0.3, 0.4) is 0 Å². The number of azo groups is 1. The van der Waals surface area contributed by atoms with Crippen molar-refractivity contribution in [3.63, 3.8) is 0 Å². The molecule has 0 bridgehead atoms. The third-order valence-corrected chi connectivity index (χ3v) is 5.74. The number of nitrogens with zero attached hydrogens (tertiary/aromatic N) is 5. The Labute approximate surface area is 187 Å². The number of hydrogen-bond acceptors (Lipinski definition) is 9. The maximum atomic E-state index is 9.35. The molecule has 164 valence electrons. The van der Waals surface area contributed by atoms with Crippen molar-refractivity contribution in [1.29, 1.82) is 10.5 Å². The van der Waals surface area contributed by atoms with Gasteiger partial charge in [0, 0.05) is 25.3 Å². The molecule has 1 aromatic carbocycles. The SMILES string of the molecule is CCN(CCOCCOCCN)c1ccc(N=Nc2sc(C#N)c(C)c2C#N)c(C)c1. The number of aryl methyl sites for hydroxylation is 1. The lowest BCUT2D eigenvalue weighted by molar-refractivity contribution is 0.0534. The van der Waals surface area contributed by atoms with Crippen LogP contribution in [-0.4, -0.2) is 46.1 Å². The molecule has 0 aliphatic carbocycles. The van der Waals surface area contributed by atoms with Crippen LogP contribution >= 0.6 is 11.3 Å². The fraction of sp³-hybridized carbons (Fsp3) is 0.455. The average molecular weight is 441 g/mol. The minimum absolute atomic E-state index is 0.408. The molecule has 0 fully saturated rings. The summed E-state index contributed by atoms with van der Waals surface area (Å²) in [5, 5.41) is 27.5. The highest BCUT2D eigenvalue weighted by atomic mass is 32.1. The van der Waals surface area contributed by atoms with Crippen molar-refractivity contribution >= 4 is 27.7 Å². The number of nitrogens with two attached hydrogens (primary N) is 1. The first-order valence-electron chi connectivity index (χ1n) is 10.1. The smallest absolute Gasteiger partial charge is 0.158 e. The Morgan fingerprint density at radius 2 is 1.81 bits per heavy atom. The van der Waals surface area contributed by atoms with E-state index < -0.39 is 0 Å². The zero-order valence-electron chi connectivity index (χ0n) is 18.2. The normalized spacial score (nSPS) is 10.9. The number of ether oxygens (including phenoxy) is 2. The summed E-state index contributed by atoms with van der Waals surface area (Å²) in [6.45, 7) is 10.2. The van der Waals surface area contributed by atoms with Crippen LogP contribution in [0.25, 0.3) is 0 Å². The Kier molecular flexibility index (Phi) is 10.1. The third kappa shape index (κ3) is 6.84. The quantitative estimate of drug-likeness (QED) is 0.387. The van der Waals surface area contributed by atoms with Crippen LogP contribution < -0.4 is 10.6 Å². The van der Waals surface area contributed by atoms with Crippen molar-refractivity contribution in [3.8, 4) is 12.1 Å². The zero-order valence-corrected chi connectivity index (χ0v) is 19.0. The van der Waals surface area contributed by atoms with Gasteiger partial charge in [-0.3, -0.25) is 0 Å². The Morgan fingerprint density at radius 3 is 2.42 bits per heavy atom. The van der Waals surface area contributed by atoms with Gasteiger partial charge in [-0.25, -0.2) is 0 Å². The summed E-state index contributed by atoms with van der Waals surface area (Å²) < 4.78 is 10.9. The van der Waals surface area contributed by atoms with E-state index in [4.69, 9.17) is 20.5 Å². The Balaban J connectivity index is 2.01. The topological polar surface area (TPSA) is 120 Å². The van der Waals surface area contributed by atoms with E-state index >= 15 is 0 Å². The molecule has 0 spiro atoms. The Morgan fingerprint density at radius 1 is 1.06 bits per heavy atom. The summed E-state index contributed by atoms with van der Waals surface area (Å²) in [6.07, 6.45) is 0. The minimum atomic E-state index is 0.408. The summed E-state index contributed by atoms with van der Waals surface area (Å²) in [6, 6.07) is 10.2. The largest absolute Gasteiger partial charge is 0.378 e. The average Bonchev–Trinajstić information content (AvgIpc) is 3.09. The number of rotatable bonds is 12. The van der Waals surface area contributed by atoms with Gasteiger partial charge in [-0.1, -0.05) is 0 Å². The van der Waals surface area contributed by atoms with Crippen molar-refractivity contribution in [1.82, 2.24) is 0 Å². The molecule has 0 atom stereocenters. The van der Waals surface area contributed by atoms with Crippen molar-refractivity contribution in [3.05, 3.63) is 39.8 Å². The molecule has 31 heavy (non-hydrogen) atoms. The summed E-state index contributed by atoms with van der Waals surface area (Å²) in [4.78, 5) is 2.72. The summed E-state index contributed by atoms with van der Waals surface area (Å²) in [7, 11) is 0.